The molecule has 0 bridgehead atoms. The molecule has 0 aromatic carbocycles. The molecule has 0 saturated carbocycles. The van der Waals surface area contributed by atoms with E-state index < -0.39 is 4.92 Å². The Hall–Kier alpha value is -1.73. The number of nitrogens with one attached hydrogen (secondary N) is 1. The summed E-state index contributed by atoms with van der Waals surface area (Å²) in [5.41, 5.74) is -0.280. The van der Waals surface area contributed by atoms with E-state index in [0.29, 0.717) is 24.9 Å². The molecular weight excluding hydrogens is 284 g/mol. The van der Waals surface area contributed by atoms with Crippen LogP contribution in [0.1, 0.15) is 10.4 Å². The van der Waals surface area contributed by atoms with Gasteiger partial charge in [-0.3, -0.25) is 14.9 Å². The van der Waals surface area contributed by atoms with Crippen LogP contribution in [0.2, 0.25) is 5.15 Å². The molecule has 0 unspecified atom stereocenters. The molecular formula is C12H13ClN4O3. The second-order valence-electron chi connectivity index (χ2n) is 5.17. The number of halogens is 1. The minimum Gasteiger partial charge on any atom is -0.338 e. The van der Waals surface area contributed by atoms with Crippen molar-refractivity contribution < 1.29 is 9.72 Å². The van der Waals surface area contributed by atoms with Gasteiger partial charge in [0.1, 0.15) is 16.9 Å². The topological polar surface area (TPSA) is 88.4 Å². The summed E-state index contributed by atoms with van der Waals surface area (Å²) in [5.74, 6) is 0.543. The van der Waals surface area contributed by atoms with Crippen molar-refractivity contribution in [3.63, 3.8) is 0 Å². The summed E-state index contributed by atoms with van der Waals surface area (Å²) in [4.78, 5) is 28.2. The summed E-state index contributed by atoms with van der Waals surface area (Å²) in [6.45, 7) is 3.06. The minimum atomic E-state index is -0.602. The standard InChI is InChI=1S/C12H13ClN4O3/c13-11-1-9(10(4-15-11)17(19)20)12(18)16-5-7-2-14-3-8(7)6-16/h1,4,7-8,14H,2-3,5-6H2/t7-,8+. The summed E-state index contributed by atoms with van der Waals surface area (Å²) in [5, 5.41) is 14.4. The van der Waals surface area contributed by atoms with E-state index in [4.69, 9.17) is 11.6 Å². The highest BCUT2D eigenvalue weighted by atomic mass is 35.5. The fourth-order valence-corrected chi connectivity index (χ4v) is 3.09. The average Bonchev–Trinajstić information content (AvgIpc) is 2.97. The predicted octanol–water partition coefficient (Wildman–Crippen LogP) is 0.935. The zero-order chi connectivity index (χ0) is 14.3. The zero-order valence-electron chi connectivity index (χ0n) is 10.6. The van der Waals surface area contributed by atoms with Gasteiger partial charge in [0.25, 0.3) is 11.6 Å². The van der Waals surface area contributed by atoms with E-state index in [1.54, 1.807) is 4.90 Å². The summed E-state index contributed by atoms with van der Waals surface area (Å²) < 4.78 is 0. The van der Waals surface area contributed by atoms with Crippen molar-refractivity contribution in [1.29, 1.82) is 0 Å². The Morgan fingerprint density at radius 3 is 2.70 bits per heavy atom. The lowest BCUT2D eigenvalue weighted by Crippen LogP contribution is -2.32. The number of carbonyl (C=O) groups excluding carboxylic acids is 1. The molecule has 0 radical (unpaired) electrons. The van der Waals surface area contributed by atoms with Crippen LogP contribution in [0.3, 0.4) is 0 Å². The number of aromatic nitrogens is 1. The third-order valence-corrected chi connectivity index (χ3v) is 4.16. The number of rotatable bonds is 2. The van der Waals surface area contributed by atoms with Gasteiger partial charge < -0.3 is 10.2 Å². The van der Waals surface area contributed by atoms with Gasteiger partial charge in [-0.15, -0.1) is 0 Å². The monoisotopic (exact) mass is 296 g/mol. The number of likely N-dealkylation sites (tertiary alicyclic amines) is 1. The van der Waals surface area contributed by atoms with Gasteiger partial charge in [-0.2, -0.15) is 0 Å². The Labute approximate surface area is 120 Å². The van der Waals surface area contributed by atoms with E-state index in [2.05, 4.69) is 10.3 Å². The van der Waals surface area contributed by atoms with E-state index in [0.717, 1.165) is 19.3 Å². The SMILES string of the molecule is O=C(c1cc(Cl)ncc1[N+](=O)[O-])N1C[C@H]2CNC[C@H]2C1. The van der Waals surface area contributed by atoms with E-state index in [9.17, 15) is 14.9 Å². The Bertz CT molecular complexity index is 568. The summed E-state index contributed by atoms with van der Waals surface area (Å²) in [7, 11) is 0. The van der Waals surface area contributed by atoms with Crippen molar-refractivity contribution in [3.05, 3.63) is 33.1 Å². The van der Waals surface area contributed by atoms with Crippen LogP contribution in [0.5, 0.6) is 0 Å². The van der Waals surface area contributed by atoms with E-state index in [1.165, 1.54) is 6.07 Å². The molecule has 2 aliphatic rings. The lowest BCUT2D eigenvalue weighted by Gasteiger charge is -2.17. The first-order valence-corrected chi connectivity index (χ1v) is 6.74. The van der Waals surface area contributed by atoms with Crippen LogP contribution < -0.4 is 5.32 Å². The van der Waals surface area contributed by atoms with Gasteiger partial charge in [-0.1, -0.05) is 11.6 Å². The molecule has 3 rings (SSSR count). The molecule has 8 heteroatoms. The van der Waals surface area contributed by atoms with Gasteiger partial charge in [-0.25, -0.2) is 4.98 Å². The number of nitro groups is 1. The van der Waals surface area contributed by atoms with Gasteiger partial charge in [0.05, 0.1) is 4.92 Å². The van der Waals surface area contributed by atoms with Gasteiger partial charge in [-0.05, 0) is 17.9 Å². The maximum absolute atomic E-state index is 12.5. The van der Waals surface area contributed by atoms with Crippen LogP contribution in [0.25, 0.3) is 0 Å². The molecule has 3 heterocycles. The number of carbonyl (C=O) groups is 1. The normalized spacial score (nSPS) is 24.8. The first-order valence-electron chi connectivity index (χ1n) is 6.36. The molecule has 2 aliphatic heterocycles. The molecule has 1 aromatic rings. The van der Waals surface area contributed by atoms with Crippen molar-refractivity contribution in [3.8, 4) is 0 Å². The predicted molar refractivity (Wildman–Crippen MR) is 71.7 cm³/mol. The fraction of sp³-hybridized carbons (Fsp3) is 0.500. The van der Waals surface area contributed by atoms with Gasteiger partial charge >= 0.3 is 0 Å². The molecule has 0 spiro atoms. The van der Waals surface area contributed by atoms with E-state index in [1.807, 2.05) is 0 Å². The lowest BCUT2D eigenvalue weighted by molar-refractivity contribution is -0.385. The van der Waals surface area contributed by atoms with Gasteiger partial charge in [0.15, 0.2) is 0 Å². The Morgan fingerprint density at radius 2 is 2.10 bits per heavy atom. The number of pyridine rings is 1. The smallest absolute Gasteiger partial charge is 0.300 e. The molecule has 7 nitrogen and oxygen atoms in total. The Kier molecular flexibility index (Phi) is 3.31. The molecule has 2 fully saturated rings. The highest BCUT2D eigenvalue weighted by Gasteiger charge is 2.39. The van der Waals surface area contributed by atoms with Crippen molar-refractivity contribution in [2.24, 2.45) is 11.8 Å². The third-order valence-electron chi connectivity index (χ3n) is 3.95. The van der Waals surface area contributed by atoms with E-state index in [-0.39, 0.29) is 22.3 Å². The first kappa shape index (κ1) is 13.3. The molecule has 2 saturated heterocycles. The minimum absolute atomic E-state index is 0.0166. The van der Waals surface area contributed by atoms with Crippen LogP contribution in [0.4, 0.5) is 5.69 Å². The van der Waals surface area contributed by atoms with Crippen LogP contribution in [-0.2, 0) is 0 Å². The first-order chi connectivity index (χ1) is 9.56. The third kappa shape index (κ3) is 2.23. The Balaban J connectivity index is 1.87. The molecule has 1 amide bonds. The Morgan fingerprint density at radius 1 is 1.45 bits per heavy atom. The number of fused-ring (bicyclic) bond motifs is 1. The van der Waals surface area contributed by atoms with Crippen molar-refractivity contribution >= 4 is 23.2 Å². The zero-order valence-corrected chi connectivity index (χ0v) is 11.3. The van der Waals surface area contributed by atoms with Crippen molar-refractivity contribution in [1.82, 2.24) is 15.2 Å². The lowest BCUT2D eigenvalue weighted by atomic mass is 10.0. The summed E-state index contributed by atoms with van der Waals surface area (Å²) >= 11 is 5.75. The summed E-state index contributed by atoms with van der Waals surface area (Å²) in [6, 6.07) is 1.27. The second-order valence-corrected chi connectivity index (χ2v) is 5.56. The number of hydrogen-bond donors (Lipinski definition) is 1. The quantitative estimate of drug-likeness (QED) is 0.498. The van der Waals surface area contributed by atoms with Crippen molar-refractivity contribution in [2.75, 3.05) is 26.2 Å². The number of hydrogen-bond acceptors (Lipinski definition) is 5. The van der Waals surface area contributed by atoms with Crippen LogP contribution >= 0.6 is 11.6 Å². The van der Waals surface area contributed by atoms with Crippen LogP contribution in [-0.4, -0.2) is 46.9 Å². The second kappa shape index (κ2) is 4.99. The molecule has 0 aliphatic carbocycles. The number of amides is 1. The molecule has 20 heavy (non-hydrogen) atoms. The maximum Gasteiger partial charge on any atom is 0.300 e. The molecule has 2 atom stereocenters. The highest BCUT2D eigenvalue weighted by molar-refractivity contribution is 6.29. The molecule has 106 valence electrons. The maximum atomic E-state index is 12.5. The van der Waals surface area contributed by atoms with Crippen molar-refractivity contribution in [2.45, 2.75) is 0 Å². The van der Waals surface area contributed by atoms with Crippen LogP contribution in [0, 0.1) is 22.0 Å². The van der Waals surface area contributed by atoms with E-state index >= 15 is 0 Å². The average molecular weight is 297 g/mol. The summed E-state index contributed by atoms with van der Waals surface area (Å²) in [6.07, 6.45) is 1.04. The highest BCUT2D eigenvalue weighted by Crippen LogP contribution is 2.29. The number of nitrogens with zero attached hydrogens (tertiary/aromatic N) is 3. The fourth-order valence-electron chi connectivity index (χ4n) is 2.93. The van der Waals surface area contributed by atoms with Gasteiger partial charge in [0, 0.05) is 26.2 Å². The van der Waals surface area contributed by atoms with Crippen LogP contribution in [0.15, 0.2) is 12.3 Å². The largest absolute Gasteiger partial charge is 0.338 e. The molecule has 1 N–H and O–H groups in total. The molecule has 1 aromatic heterocycles. The van der Waals surface area contributed by atoms with Gasteiger partial charge in [0.2, 0.25) is 0 Å².